The summed E-state index contributed by atoms with van der Waals surface area (Å²) in [6.45, 7) is 0. The molecule has 0 aliphatic heterocycles. The first-order valence-corrected chi connectivity index (χ1v) is 10.5. The van der Waals surface area contributed by atoms with Crippen LogP contribution >= 0.6 is 23.1 Å². The predicted molar refractivity (Wildman–Crippen MR) is 114 cm³/mol. The summed E-state index contributed by atoms with van der Waals surface area (Å²) in [6, 6.07) is 16.1. The zero-order chi connectivity index (χ0) is 19.3. The standard InChI is InChI=1S/C21H19N3O2S2/c1-25-18-9-8-15(12-19(18)26-2)20-23-16(13-27-20)14-28-21-22-10-11-24(21)17-6-4-3-5-7-17/h3-13H,14H2,1-2H3. The van der Waals surface area contributed by atoms with Crippen LogP contribution in [-0.4, -0.2) is 28.8 Å². The first-order valence-electron chi connectivity index (χ1n) is 8.67. The lowest BCUT2D eigenvalue weighted by atomic mass is 10.2. The lowest BCUT2D eigenvalue weighted by Gasteiger charge is -2.08. The third-order valence-corrected chi connectivity index (χ3v) is 6.11. The van der Waals surface area contributed by atoms with Gasteiger partial charge in [-0.2, -0.15) is 0 Å². The summed E-state index contributed by atoms with van der Waals surface area (Å²) in [5.41, 5.74) is 3.15. The van der Waals surface area contributed by atoms with Gasteiger partial charge < -0.3 is 9.47 Å². The molecule has 5 nitrogen and oxygen atoms in total. The summed E-state index contributed by atoms with van der Waals surface area (Å²) in [4.78, 5) is 9.26. The third kappa shape index (κ3) is 3.90. The van der Waals surface area contributed by atoms with Gasteiger partial charge in [-0.3, -0.25) is 4.57 Å². The Balaban J connectivity index is 1.49. The van der Waals surface area contributed by atoms with Crippen molar-refractivity contribution in [1.82, 2.24) is 14.5 Å². The van der Waals surface area contributed by atoms with Gasteiger partial charge in [-0.15, -0.1) is 11.3 Å². The highest BCUT2D eigenvalue weighted by molar-refractivity contribution is 7.98. The van der Waals surface area contributed by atoms with Crippen molar-refractivity contribution in [3.05, 3.63) is 72.0 Å². The number of methoxy groups -OCH3 is 2. The van der Waals surface area contributed by atoms with Crippen LogP contribution in [0.1, 0.15) is 5.69 Å². The van der Waals surface area contributed by atoms with Gasteiger partial charge in [-0.05, 0) is 30.3 Å². The van der Waals surface area contributed by atoms with E-state index in [0.717, 1.165) is 32.9 Å². The highest BCUT2D eigenvalue weighted by Gasteiger charge is 2.11. The van der Waals surface area contributed by atoms with Crippen LogP contribution in [0, 0.1) is 0 Å². The SMILES string of the molecule is COc1ccc(-c2nc(CSc3nccn3-c3ccccc3)cs2)cc1OC. The Bertz CT molecular complexity index is 1060. The molecule has 142 valence electrons. The van der Waals surface area contributed by atoms with Crippen molar-refractivity contribution in [2.45, 2.75) is 10.9 Å². The molecule has 0 amide bonds. The van der Waals surface area contributed by atoms with Crippen LogP contribution in [0.3, 0.4) is 0 Å². The van der Waals surface area contributed by atoms with Crippen molar-refractivity contribution in [2.24, 2.45) is 0 Å². The molecule has 0 saturated heterocycles. The second-order valence-electron chi connectivity index (χ2n) is 5.92. The Morgan fingerprint density at radius 1 is 1.04 bits per heavy atom. The molecule has 0 aliphatic rings. The molecule has 0 saturated carbocycles. The number of nitrogens with zero attached hydrogens (tertiary/aromatic N) is 3. The van der Waals surface area contributed by atoms with Gasteiger partial charge in [0.2, 0.25) is 0 Å². The van der Waals surface area contributed by atoms with Crippen LogP contribution < -0.4 is 9.47 Å². The van der Waals surface area contributed by atoms with E-state index in [9.17, 15) is 0 Å². The summed E-state index contributed by atoms with van der Waals surface area (Å²) >= 11 is 3.30. The second kappa shape index (κ2) is 8.50. The number of hydrogen-bond donors (Lipinski definition) is 0. The molecule has 2 heterocycles. The molecule has 0 unspecified atom stereocenters. The van der Waals surface area contributed by atoms with E-state index in [2.05, 4.69) is 27.1 Å². The van der Waals surface area contributed by atoms with Gasteiger partial charge in [-0.1, -0.05) is 30.0 Å². The summed E-state index contributed by atoms with van der Waals surface area (Å²) in [7, 11) is 3.27. The molecule has 0 spiro atoms. The summed E-state index contributed by atoms with van der Waals surface area (Å²) in [5.74, 6) is 2.18. The van der Waals surface area contributed by atoms with Gasteiger partial charge in [0, 0.05) is 34.8 Å². The Labute approximate surface area is 172 Å². The van der Waals surface area contributed by atoms with Gasteiger partial charge in [0.05, 0.1) is 19.9 Å². The fourth-order valence-electron chi connectivity index (χ4n) is 2.80. The number of aromatic nitrogens is 3. The van der Waals surface area contributed by atoms with E-state index in [0.29, 0.717) is 11.5 Å². The summed E-state index contributed by atoms with van der Waals surface area (Å²) < 4.78 is 12.8. The number of imidazole rings is 1. The quantitative estimate of drug-likeness (QED) is 0.387. The van der Waals surface area contributed by atoms with E-state index in [1.54, 1.807) is 37.3 Å². The second-order valence-corrected chi connectivity index (χ2v) is 7.72. The minimum atomic E-state index is 0.705. The Hall–Kier alpha value is -2.77. The number of hydrogen-bond acceptors (Lipinski definition) is 6. The number of benzene rings is 2. The Morgan fingerprint density at radius 2 is 1.86 bits per heavy atom. The molecular weight excluding hydrogens is 390 g/mol. The summed E-state index contributed by atoms with van der Waals surface area (Å²) in [5, 5.41) is 4.00. The van der Waals surface area contributed by atoms with E-state index in [-0.39, 0.29) is 0 Å². The van der Waals surface area contributed by atoms with Gasteiger partial charge in [0.1, 0.15) is 5.01 Å². The average Bonchev–Trinajstić information content (AvgIpc) is 3.42. The van der Waals surface area contributed by atoms with Crippen molar-refractivity contribution < 1.29 is 9.47 Å². The maximum atomic E-state index is 5.39. The molecule has 2 aromatic heterocycles. The molecule has 0 fully saturated rings. The van der Waals surface area contributed by atoms with E-state index >= 15 is 0 Å². The topological polar surface area (TPSA) is 49.2 Å². The van der Waals surface area contributed by atoms with Crippen LogP contribution in [0.4, 0.5) is 0 Å². The highest BCUT2D eigenvalue weighted by atomic mass is 32.2. The first-order chi connectivity index (χ1) is 13.8. The molecule has 0 N–H and O–H groups in total. The van der Waals surface area contributed by atoms with E-state index in [1.807, 2.05) is 48.8 Å². The molecule has 28 heavy (non-hydrogen) atoms. The molecular formula is C21H19N3O2S2. The fraction of sp³-hybridized carbons (Fsp3) is 0.143. The van der Waals surface area contributed by atoms with Crippen molar-refractivity contribution in [3.63, 3.8) is 0 Å². The van der Waals surface area contributed by atoms with Gasteiger partial charge in [-0.25, -0.2) is 9.97 Å². The largest absolute Gasteiger partial charge is 0.493 e. The highest BCUT2D eigenvalue weighted by Crippen LogP contribution is 2.34. The zero-order valence-corrected chi connectivity index (χ0v) is 17.2. The maximum Gasteiger partial charge on any atom is 0.172 e. The van der Waals surface area contributed by atoms with Crippen LogP contribution in [0.25, 0.3) is 16.3 Å². The Morgan fingerprint density at radius 3 is 2.64 bits per heavy atom. The monoisotopic (exact) mass is 409 g/mol. The van der Waals surface area contributed by atoms with Crippen molar-refractivity contribution >= 4 is 23.1 Å². The third-order valence-electron chi connectivity index (χ3n) is 4.17. The lowest BCUT2D eigenvalue weighted by Crippen LogP contribution is -1.95. The molecule has 4 rings (SSSR count). The Kier molecular flexibility index (Phi) is 5.64. The molecule has 0 aliphatic carbocycles. The lowest BCUT2D eigenvalue weighted by molar-refractivity contribution is 0.355. The van der Waals surface area contributed by atoms with Gasteiger partial charge in [0.15, 0.2) is 16.7 Å². The molecule has 0 bridgehead atoms. The number of thioether (sulfide) groups is 1. The van der Waals surface area contributed by atoms with E-state index < -0.39 is 0 Å². The maximum absolute atomic E-state index is 5.39. The molecule has 0 atom stereocenters. The van der Waals surface area contributed by atoms with Crippen molar-refractivity contribution in [2.75, 3.05) is 14.2 Å². The van der Waals surface area contributed by atoms with Gasteiger partial charge in [0.25, 0.3) is 0 Å². The van der Waals surface area contributed by atoms with Crippen LogP contribution in [0.15, 0.2) is 71.5 Å². The average molecular weight is 410 g/mol. The molecule has 7 heteroatoms. The number of para-hydroxylation sites is 1. The molecule has 0 radical (unpaired) electrons. The molecule has 2 aromatic carbocycles. The minimum absolute atomic E-state index is 0.705. The normalized spacial score (nSPS) is 10.8. The molecule has 4 aromatic rings. The van der Waals surface area contributed by atoms with Crippen molar-refractivity contribution in [1.29, 1.82) is 0 Å². The van der Waals surface area contributed by atoms with E-state index in [4.69, 9.17) is 14.5 Å². The van der Waals surface area contributed by atoms with Crippen molar-refractivity contribution in [3.8, 4) is 27.8 Å². The van der Waals surface area contributed by atoms with E-state index in [1.165, 1.54) is 0 Å². The van der Waals surface area contributed by atoms with Crippen LogP contribution in [0.5, 0.6) is 11.5 Å². The smallest absolute Gasteiger partial charge is 0.172 e. The van der Waals surface area contributed by atoms with Crippen LogP contribution in [0.2, 0.25) is 0 Å². The number of thiazole rings is 1. The number of ether oxygens (including phenoxy) is 2. The summed E-state index contributed by atoms with van der Waals surface area (Å²) in [6.07, 6.45) is 3.80. The fourth-order valence-corrected chi connectivity index (χ4v) is 4.58. The van der Waals surface area contributed by atoms with Gasteiger partial charge >= 0.3 is 0 Å². The zero-order valence-electron chi connectivity index (χ0n) is 15.5. The minimum Gasteiger partial charge on any atom is -0.493 e. The predicted octanol–water partition coefficient (Wildman–Crippen LogP) is 5.31. The first kappa shape index (κ1) is 18.6. The number of rotatable bonds is 7. The van der Waals surface area contributed by atoms with Crippen LogP contribution in [-0.2, 0) is 5.75 Å².